The van der Waals surface area contributed by atoms with Crippen LogP contribution in [0.2, 0.25) is 0 Å². The van der Waals surface area contributed by atoms with Crippen LogP contribution in [0.5, 0.6) is 0 Å². The van der Waals surface area contributed by atoms with Crippen molar-refractivity contribution in [3.63, 3.8) is 0 Å². The number of nitrogens with one attached hydrogen (secondary N) is 1. The summed E-state index contributed by atoms with van der Waals surface area (Å²) in [4.78, 5) is 15.4. The van der Waals surface area contributed by atoms with Gasteiger partial charge in [-0.15, -0.1) is 0 Å². The molecule has 2 aromatic rings. The monoisotopic (exact) mass is 561 g/mol. The lowest BCUT2D eigenvalue weighted by Gasteiger charge is -2.31. The summed E-state index contributed by atoms with van der Waals surface area (Å²) >= 11 is 0. The minimum Gasteiger partial charge on any atom is -0.378 e. The number of hydrogen-bond acceptors (Lipinski definition) is 6. The summed E-state index contributed by atoms with van der Waals surface area (Å²) in [7, 11) is -7.54. The highest BCUT2D eigenvalue weighted by Gasteiger charge is 2.36. The number of ether oxygens (including phenoxy) is 1. The Morgan fingerprint density at radius 3 is 2.32 bits per heavy atom. The van der Waals surface area contributed by atoms with Crippen LogP contribution in [0.1, 0.15) is 36.8 Å². The van der Waals surface area contributed by atoms with Gasteiger partial charge < -0.3 is 9.64 Å². The fourth-order valence-electron chi connectivity index (χ4n) is 4.87. The summed E-state index contributed by atoms with van der Waals surface area (Å²) in [6.07, 6.45) is 1.70. The van der Waals surface area contributed by atoms with Crippen LogP contribution >= 0.6 is 0 Å². The second-order valence-corrected chi connectivity index (χ2v) is 13.6. The lowest BCUT2D eigenvalue weighted by molar-refractivity contribution is -0.136. The van der Waals surface area contributed by atoms with Crippen LogP contribution in [0.3, 0.4) is 0 Å². The predicted molar refractivity (Wildman–Crippen MR) is 145 cm³/mol. The number of rotatable bonds is 10. The molecule has 2 saturated heterocycles. The molecule has 0 saturated carbocycles. The van der Waals surface area contributed by atoms with E-state index in [9.17, 15) is 21.6 Å². The molecule has 0 bridgehead atoms. The Labute approximate surface area is 225 Å². The molecule has 2 aliphatic heterocycles. The second-order valence-electron chi connectivity index (χ2n) is 9.71. The first kappa shape index (κ1) is 28.4. The van der Waals surface area contributed by atoms with E-state index in [1.54, 1.807) is 24.3 Å². The van der Waals surface area contributed by atoms with E-state index in [1.165, 1.54) is 11.2 Å². The van der Waals surface area contributed by atoms with Gasteiger partial charge in [0.2, 0.25) is 26.0 Å². The molecule has 2 heterocycles. The number of allylic oxidation sites excluding steroid dienone is 1. The van der Waals surface area contributed by atoms with Crippen molar-refractivity contribution in [2.45, 2.75) is 43.0 Å². The summed E-state index contributed by atoms with van der Waals surface area (Å²) in [6.45, 7) is 7.22. The zero-order valence-electron chi connectivity index (χ0n) is 21.6. The van der Waals surface area contributed by atoms with Gasteiger partial charge in [-0.2, -0.15) is 4.31 Å². The first-order valence-electron chi connectivity index (χ1n) is 12.8. The maximum Gasteiger partial charge on any atom is 0.243 e. The standard InChI is InChI=1S/C27H35N3O6S2/c1-21(2)37(32,33)28-20-24-9-6-14-30(24)38(34,35)25-12-10-23(11-13-25)26(19-22-7-4-3-5-8-22)27(31)29-15-17-36-18-16-29/h3-5,7-8,10-13,24,26,28H,1,6,9,14-20H2,2H3/t24-,26?/m1/s1. The molecule has 0 aromatic heterocycles. The number of benzene rings is 2. The third-order valence-corrected chi connectivity index (χ3v) is 10.5. The maximum atomic E-state index is 13.5. The average Bonchev–Trinajstić information content (AvgIpc) is 3.41. The van der Waals surface area contributed by atoms with Crippen molar-refractivity contribution in [2.75, 3.05) is 39.4 Å². The Hall–Kier alpha value is -2.57. The van der Waals surface area contributed by atoms with Crippen molar-refractivity contribution < 1.29 is 26.4 Å². The molecule has 38 heavy (non-hydrogen) atoms. The van der Waals surface area contributed by atoms with E-state index in [0.717, 1.165) is 11.1 Å². The van der Waals surface area contributed by atoms with Crippen molar-refractivity contribution in [1.82, 2.24) is 13.9 Å². The van der Waals surface area contributed by atoms with Crippen LogP contribution in [0.25, 0.3) is 0 Å². The molecule has 0 radical (unpaired) electrons. The molecule has 2 aromatic carbocycles. The molecular formula is C27H35N3O6S2. The Morgan fingerprint density at radius 1 is 1.03 bits per heavy atom. The van der Waals surface area contributed by atoms with Crippen LogP contribution in [0.15, 0.2) is 71.0 Å². The maximum absolute atomic E-state index is 13.5. The average molecular weight is 562 g/mol. The number of amides is 1. The molecular weight excluding hydrogens is 526 g/mol. The Balaban J connectivity index is 1.55. The number of hydrogen-bond donors (Lipinski definition) is 1. The van der Waals surface area contributed by atoms with Gasteiger partial charge in [0.15, 0.2) is 0 Å². The minimum absolute atomic E-state index is 0.00263. The van der Waals surface area contributed by atoms with Crippen LogP contribution in [0, 0.1) is 0 Å². The normalized spacial score (nSPS) is 19.8. The summed E-state index contributed by atoms with van der Waals surface area (Å²) < 4.78 is 60.4. The Bertz CT molecular complexity index is 1340. The van der Waals surface area contributed by atoms with Crippen LogP contribution in [-0.2, 0) is 36.0 Å². The first-order valence-corrected chi connectivity index (χ1v) is 15.7. The molecule has 9 nitrogen and oxygen atoms in total. The quantitative estimate of drug-likeness (QED) is 0.477. The highest BCUT2D eigenvalue weighted by atomic mass is 32.2. The lowest BCUT2D eigenvalue weighted by atomic mass is 9.90. The molecule has 2 fully saturated rings. The van der Waals surface area contributed by atoms with Gasteiger partial charge in [0.1, 0.15) is 0 Å². The highest BCUT2D eigenvalue weighted by Crippen LogP contribution is 2.29. The smallest absolute Gasteiger partial charge is 0.243 e. The van der Waals surface area contributed by atoms with Crippen LogP contribution in [0.4, 0.5) is 0 Å². The van der Waals surface area contributed by atoms with Gasteiger partial charge in [-0.05, 0) is 49.4 Å². The largest absolute Gasteiger partial charge is 0.378 e. The van der Waals surface area contributed by atoms with Gasteiger partial charge in [0, 0.05) is 37.1 Å². The molecule has 1 N–H and O–H groups in total. The van der Waals surface area contributed by atoms with Gasteiger partial charge in [0.05, 0.1) is 24.0 Å². The van der Waals surface area contributed by atoms with Crippen LogP contribution in [-0.4, -0.2) is 77.4 Å². The Kier molecular flexibility index (Phi) is 9.04. The summed E-state index contributed by atoms with van der Waals surface area (Å²) in [5.74, 6) is -0.458. The lowest BCUT2D eigenvalue weighted by Crippen LogP contribution is -2.43. The minimum atomic E-state index is -3.85. The zero-order chi connectivity index (χ0) is 27.3. The van der Waals surface area contributed by atoms with E-state index in [4.69, 9.17) is 4.74 Å². The molecule has 11 heteroatoms. The Morgan fingerprint density at radius 2 is 1.68 bits per heavy atom. The van der Waals surface area contributed by atoms with Crippen molar-refractivity contribution >= 4 is 26.0 Å². The fraction of sp³-hybridized carbons (Fsp3) is 0.444. The molecule has 4 rings (SSSR count). The number of sulfonamides is 2. The van der Waals surface area contributed by atoms with E-state index < -0.39 is 32.0 Å². The molecule has 1 amide bonds. The number of nitrogens with zero attached hydrogens (tertiary/aromatic N) is 2. The third kappa shape index (κ3) is 6.52. The molecule has 0 spiro atoms. The first-order chi connectivity index (χ1) is 18.1. The van der Waals surface area contributed by atoms with Gasteiger partial charge >= 0.3 is 0 Å². The van der Waals surface area contributed by atoms with E-state index in [0.29, 0.717) is 52.1 Å². The molecule has 2 atom stereocenters. The summed E-state index contributed by atoms with van der Waals surface area (Å²) in [6, 6.07) is 15.8. The number of carbonyl (C=O) groups is 1. The molecule has 0 aliphatic carbocycles. The van der Waals surface area contributed by atoms with Gasteiger partial charge in [0.25, 0.3) is 0 Å². The predicted octanol–water partition coefficient (Wildman–Crippen LogP) is 2.48. The molecule has 2 aliphatic rings. The third-order valence-electron chi connectivity index (χ3n) is 7.08. The van der Waals surface area contributed by atoms with Crippen molar-refractivity contribution in [2.24, 2.45) is 0 Å². The number of morpholine rings is 1. The van der Waals surface area contributed by atoms with Crippen molar-refractivity contribution in [3.05, 3.63) is 77.2 Å². The SMILES string of the molecule is C=C(C)S(=O)(=O)NC[C@H]1CCCN1S(=O)(=O)c1ccc(C(Cc2ccccc2)C(=O)N2CCOCC2)cc1. The van der Waals surface area contributed by atoms with Crippen molar-refractivity contribution in [3.8, 4) is 0 Å². The highest BCUT2D eigenvalue weighted by molar-refractivity contribution is 7.93. The molecule has 206 valence electrons. The zero-order valence-corrected chi connectivity index (χ0v) is 23.2. The van der Waals surface area contributed by atoms with Gasteiger partial charge in [-0.3, -0.25) is 4.79 Å². The summed E-state index contributed by atoms with van der Waals surface area (Å²) in [5, 5.41) is 0. The van der Waals surface area contributed by atoms with Crippen LogP contribution < -0.4 is 4.72 Å². The summed E-state index contributed by atoms with van der Waals surface area (Å²) in [5.41, 5.74) is 1.77. The van der Waals surface area contributed by atoms with E-state index in [-0.39, 0.29) is 22.3 Å². The molecule has 1 unspecified atom stereocenters. The fourth-order valence-corrected chi connectivity index (χ4v) is 7.22. The number of carbonyl (C=O) groups excluding carboxylic acids is 1. The van der Waals surface area contributed by atoms with E-state index in [1.807, 2.05) is 35.2 Å². The second kappa shape index (κ2) is 12.1. The van der Waals surface area contributed by atoms with E-state index in [2.05, 4.69) is 11.3 Å². The van der Waals surface area contributed by atoms with Gasteiger partial charge in [-0.1, -0.05) is 49.0 Å². The van der Waals surface area contributed by atoms with Crippen molar-refractivity contribution in [1.29, 1.82) is 0 Å². The van der Waals surface area contributed by atoms with E-state index >= 15 is 0 Å². The van der Waals surface area contributed by atoms with Gasteiger partial charge in [-0.25, -0.2) is 21.6 Å². The topological polar surface area (TPSA) is 113 Å².